The third-order valence-electron chi connectivity index (χ3n) is 2.71. The lowest BCUT2D eigenvalue weighted by atomic mass is 10.2. The zero-order chi connectivity index (χ0) is 15.0. The Hall–Kier alpha value is -1.59. The van der Waals surface area contributed by atoms with E-state index in [-0.39, 0.29) is 30.3 Å². The average Bonchev–Trinajstić information content (AvgIpc) is 2.37. The first-order chi connectivity index (χ1) is 9.51. The smallest absolute Gasteiger partial charge is 0.224 e. The number of carbonyl (C=O) groups is 2. The van der Waals surface area contributed by atoms with Gasteiger partial charge in [-0.3, -0.25) is 9.59 Å². The van der Waals surface area contributed by atoms with Crippen molar-refractivity contribution in [2.45, 2.75) is 45.7 Å². The van der Waals surface area contributed by atoms with Crippen molar-refractivity contribution >= 4 is 29.9 Å². The van der Waals surface area contributed by atoms with Gasteiger partial charge in [-0.25, -0.2) is 0 Å². The second-order valence-electron chi connectivity index (χ2n) is 4.95. The summed E-state index contributed by atoms with van der Waals surface area (Å²) in [5, 5.41) is 5.62. The first-order valence-corrected chi connectivity index (χ1v) is 6.92. The maximum absolute atomic E-state index is 11.5. The monoisotopic (exact) mass is 313 g/mol. The number of nitrogens with one attached hydrogen (secondary N) is 2. The van der Waals surface area contributed by atoms with E-state index < -0.39 is 0 Å². The van der Waals surface area contributed by atoms with Crippen LogP contribution in [0.15, 0.2) is 24.3 Å². The Kier molecular flexibility index (Phi) is 9.41. The van der Waals surface area contributed by atoms with Gasteiger partial charge in [-0.15, -0.1) is 12.4 Å². The van der Waals surface area contributed by atoms with Crippen LogP contribution in [0.5, 0.6) is 0 Å². The van der Waals surface area contributed by atoms with Gasteiger partial charge >= 0.3 is 0 Å². The standard InChI is InChI=1S/C15H23N3O2.ClH/c1-3-4-14(19)18-13-7-5-12(6-8-13)10-17-15(20)9-11(2)16;/h5-8,11H,3-4,9-10,16H2,1-2H3,(H,17,20)(H,18,19);1H. The number of hydrogen-bond donors (Lipinski definition) is 3. The van der Waals surface area contributed by atoms with E-state index in [1.54, 1.807) is 6.92 Å². The van der Waals surface area contributed by atoms with Crippen molar-refractivity contribution in [1.29, 1.82) is 0 Å². The molecule has 1 rings (SSSR count). The summed E-state index contributed by atoms with van der Waals surface area (Å²) in [5.41, 5.74) is 7.31. The number of nitrogens with two attached hydrogens (primary N) is 1. The quantitative estimate of drug-likeness (QED) is 0.721. The molecule has 0 bridgehead atoms. The van der Waals surface area contributed by atoms with Crippen molar-refractivity contribution in [2.75, 3.05) is 5.32 Å². The van der Waals surface area contributed by atoms with E-state index in [9.17, 15) is 9.59 Å². The number of benzene rings is 1. The van der Waals surface area contributed by atoms with Gasteiger partial charge in [-0.1, -0.05) is 19.1 Å². The van der Waals surface area contributed by atoms with E-state index >= 15 is 0 Å². The maximum Gasteiger partial charge on any atom is 0.224 e. The zero-order valence-corrected chi connectivity index (χ0v) is 13.3. The van der Waals surface area contributed by atoms with E-state index in [1.165, 1.54) is 0 Å². The molecule has 118 valence electrons. The van der Waals surface area contributed by atoms with Crippen LogP contribution in [0.3, 0.4) is 0 Å². The third kappa shape index (κ3) is 8.32. The maximum atomic E-state index is 11.5. The van der Waals surface area contributed by atoms with Crippen LogP contribution in [-0.2, 0) is 16.1 Å². The first kappa shape index (κ1) is 19.4. The number of carbonyl (C=O) groups excluding carboxylic acids is 2. The molecular weight excluding hydrogens is 290 g/mol. The molecule has 0 heterocycles. The van der Waals surface area contributed by atoms with E-state index in [4.69, 9.17) is 5.73 Å². The summed E-state index contributed by atoms with van der Waals surface area (Å²) >= 11 is 0. The molecule has 0 saturated heterocycles. The Morgan fingerprint density at radius 2 is 1.81 bits per heavy atom. The third-order valence-corrected chi connectivity index (χ3v) is 2.71. The number of halogens is 1. The molecule has 1 aromatic rings. The zero-order valence-electron chi connectivity index (χ0n) is 12.5. The fourth-order valence-corrected chi connectivity index (χ4v) is 1.72. The minimum atomic E-state index is -0.133. The van der Waals surface area contributed by atoms with Crippen molar-refractivity contribution in [3.05, 3.63) is 29.8 Å². The largest absolute Gasteiger partial charge is 0.352 e. The number of amides is 2. The molecule has 0 saturated carbocycles. The highest BCUT2D eigenvalue weighted by molar-refractivity contribution is 5.90. The summed E-state index contributed by atoms with van der Waals surface area (Å²) in [7, 11) is 0. The summed E-state index contributed by atoms with van der Waals surface area (Å²) in [6.45, 7) is 4.23. The second-order valence-corrected chi connectivity index (χ2v) is 4.95. The van der Waals surface area contributed by atoms with Crippen LogP contribution in [-0.4, -0.2) is 17.9 Å². The summed E-state index contributed by atoms with van der Waals surface area (Å²) in [6.07, 6.45) is 1.68. The van der Waals surface area contributed by atoms with Crippen LogP contribution < -0.4 is 16.4 Å². The van der Waals surface area contributed by atoms with Gasteiger partial charge < -0.3 is 16.4 Å². The highest BCUT2D eigenvalue weighted by Crippen LogP contribution is 2.10. The minimum Gasteiger partial charge on any atom is -0.352 e. The van der Waals surface area contributed by atoms with E-state index in [0.717, 1.165) is 17.7 Å². The molecule has 21 heavy (non-hydrogen) atoms. The molecular formula is C15H24ClN3O2. The SMILES string of the molecule is CCCC(=O)Nc1ccc(CNC(=O)CC(C)N)cc1.Cl. The predicted octanol–water partition coefficient (Wildman–Crippen LogP) is 2.20. The summed E-state index contributed by atoms with van der Waals surface area (Å²) < 4.78 is 0. The fraction of sp³-hybridized carbons (Fsp3) is 0.467. The van der Waals surface area contributed by atoms with Gasteiger partial charge in [0.05, 0.1) is 0 Å². The number of anilines is 1. The van der Waals surface area contributed by atoms with Crippen molar-refractivity contribution < 1.29 is 9.59 Å². The molecule has 1 aromatic carbocycles. The topological polar surface area (TPSA) is 84.2 Å². The highest BCUT2D eigenvalue weighted by atomic mass is 35.5. The molecule has 4 N–H and O–H groups in total. The van der Waals surface area contributed by atoms with Gasteiger partial charge in [0.15, 0.2) is 0 Å². The summed E-state index contributed by atoms with van der Waals surface area (Å²) in [5.74, 6) is -0.0363. The normalized spacial score (nSPS) is 11.2. The van der Waals surface area contributed by atoms with Crippen LogP contribution >= 0.6 is 12.4 Å². The number of hydrogen-bond acceptors (Lipinski definition) is 3. The Morgan fingerprint density at radius 3 is 2.33 bits per heavy atom. The summed E-state index contributed by atoms with van der Waals surface area (Å²) in [6, 6.07) is 7.30. The van der Waals surface area contributed by atoms with Crippen LogP contribution in [0, 0.1) is 0 Å². The van der Waals surface area contributed by atoms with Crippen LogP contribution in [0.1, 0.15) is 38.7 Å². The highest BCUT2D eigenvalue weighted by Gasteiger charge is 2.05. The van der Waals surface area contributed by atoms with E-state index in [2.05, 4.69) is 10.6 Å². The van der Waals surface area contributed by atoms with Gasteiger partial charge in [0, 0.05) is 31.1 Å². The Labute approximate surface area is 132 Å². The van der Waals surface area contributed by atoms with Crippen molar-refractivity contribution in [2.24, 2.45) is 5.73 Å². The van der Waals surface area contributed by atoms with E-state index in [0.29, 0.717) is 19.4 Å². The molecule has 0 fully saturated rings. The van der Waals surface area contributed by atoms with Crippen LogP contribution in [0.4, 0.5) is 5.69 Å². The van der Waals surface area contributed by atoms with Gasteiger partial charge in [0.1, 0.15) is 0 Å². The molecule has 2 amide bonds. The average molecular weight is 314 g/mol. The van der Waals surface area contributed by atoms with Gasteiger partial charge in [-0.05, 0) is 31.0 Å². The number of rotatable bonds is 7. The molecule has 6 heteroatoms. The lowest BCUT2D eigenvalue weighted by molar-refractivity contribution is -0.121. The van der Waals surface area contributed by atoms with Crippen molar-refractivity contribution in [3.63, 3.8) is 0 Å². The molecule has 5 nitrogen and oxygen atoms in total. The molecule has 0 aromatic heterocycles. The molecule has 1 unspecified atom stereocenters. The van der Waals surface area contributed by atoms with E-state index in [1.807, 2.05) is 31.2 Å². The molecule has 0 aliphatic carbocycles. The van der Waals surface area contributed by atoms with Crippen molar-refractivity contribution in [3.8, 4) is 0 Å². The fourth-order valence-electron chi connectivity index (χ4n) is 1.72. The Morgan fingerprint density at radius 1 is 1.19 bits per heavy atom. The summed E-state index contributed by atoms with van der Waals surface area (Å²) in [4.78, 5) is 22.9. The Balaban J connectivity index is 0.00000400. The Bertz CT molecular complexity index is 447. The molecule has 0 aliphatic rings. The molecule has 0 radical (unpaired) electrons. The predicted molar refractivity (Wildman–Crippen MR) is 87.3 cm³/mol. The lowest BCUT2D eigenvalue weighted by Crippen LogP contribution is -2.29. The van der Waals surface area contributed by atoms with Crippen LogP contribution in [0.25, 0.3) is 0 Å². The van der Waals surface area contributed by atoms with Gasteiger partial charge in [0.25, 0.3) is 0 Å². The van der Waals surface area contributed by atoms with Crippen LogP contribution in [0.2, 0.25) is 0 Å². The van der Waals surface area contributed by atoms with Gasteiger partial charge in [-0.2, -0.15) is 0 Å². The van der Waals surface area contributed by atoms with Gasteiger partial charge in [0.2, 0.25) is 11.8 Å². The molecule has 0 spiro atoms. The second kappa shape index (κ2) is 10.2. The molecule has 1 atom stereocenters. The first-order valence-electron chi connectivity index (χ1n) is 6.92. The van der Waals surface area contributed by atoms with Crippen molar-refractivity contribution in [1.82, 2.24) is 5.32 Å². The lowest BCUT2D eigenvalue weighted by Gasteiger charge is -2.08. The minimum absolute atomic E-state index is 0. The molecule has 0 aliphatic heterocycles.